The summed E-state index contributed by atoms with van der Waals surface area (Å²) in [6.45, 7) is 4.92. The molecule has 0 amide bonds. The summed E-state index contributed by atoms with van der Waals surface area (Å²) in [7, 11) is 4.79. The molecular weight excluding hydrogens is 392 g/mol. The van der Waals surface area contributed by atoms with Gasteiger partial charge in [0.1, 0.15) is 5.82 Å². The smallest absolute Gasteiger partial charge is 0.203 e. The zero-order valence-corrected chi connectivity index (χ0v) is 18.4. The summed E-state index contributed by atoms with van der Waals surface area (Å²) >= 11 is 0. The Morgan fingerprint density at radius 1 is 0.903 bits per heavy atom. The van der Waals surface area contributed by atoms with Gasteiger partial charge < -0.3 is 19.5 Å². The van der Waals surface area contributed by atoms with Crippen molar-refractivity contribution in [3.05, 3.63) is 65.4 Å². The molecule has 0 fully saturated rings. The van der Waals surface area contributed by atoms with Gasteiger partial charge in [0.15, 0.2) is 17.1 Å². The van der Waals surface area contributed by atoms with Crippen molar-refractivity contribution >= 4 is 11.5 Å². The van der Waals surface area contributed by atoms with Crippen LogP contribution in [0, 0.1) is 13.8 Å². The number of ether oxygens (including phenoxy) is 3. The Morgan fingerprint density at radius 3 is 2.29 bits per heavy atom. The van der Waals surface area contributed by atoms with Crippen molar-refractivity contribution in [1.29, 1.82) is 0 Å². The van der Waals surface area contributed by atoms with E-state index in [0.717, 1.165) is 22.7 Å². The third kappa shape index (κ3) is 3.99. The molecule has 0 saturated carbocycles. The lowest BCUT2D eigenvalue weighted by Gasteiger charge is -2.14. The predicted molar refractivity (Wildman–Crippen MR) is 121 cm³/mol. The molecule has 4 rings (SSSR count). The number of nitrogens with one attached hydrogen (secondary N) is 1. The Labute approximate surface area is 181 Å². The van der Waals surface area contributed by atoms with Gasteiger partial charge in [-0.05, 0) is 49.2 Å². The van der Waals surface area contributed by atoms with Gasteiger partial charge in [-0.3, -0.25) is 0 Å². The molecule has 1 N–H and O–H groups in total. The highest BCUT2D eigenvalue weighted by Gasteiger charge is 2.17. The normalized spacial score (nSPS) is 10.9. The van der Waals surface area contributed by atoms with E-state index in [9.17, 15) is 0 Å². The summed E-state index contributed by atoms with van der Waals surface area (Å²) in [6.07, 6.45) is 1.79. The van der Waals surface area contributed by atoms with E-state index >= 15 is 0 Å². The maximum atomic E-state index is 5.49. The number of benzene rings is 2. The standard InChI is InChI=1S/C24H26N4O3/c1-15-6-7-17(16(2)10-15)13-25-22-8-9-23-26-14-19(28(23)27-22)18-11-20(29-3)24(31-5)21(12-18)30-4/h6-12,14H,13H2,1-5H3,(H,25,27). The van der Waals surface area contributed by atoms with Crippen LogP contribution in [0.1, 0.15) is 16.7 Å². The highest BCUT2D eigenvalue weighted by Crippen LogP contribution is 2.41. The molecule has 2 heterocycles. The first kappa shape index (κ1) is 20.5. The number of aromatic nitrogens is 3. The van der Waals surface area contributed by atoms with Crippen molar-refractivity contribution in [2.24, 2.45) is 0 Å². The fourth-order valence-electron chi connectivity index (χ4n) is 3.62. The first-order chi connectivity index (χ1) is 15.0. The molecule has 0 unspecified atom stereocenters. The summed E-state index contributed by atoms with van der Waals surface area (Å²) in [5.41, 5.74) is 6.19. The van der Waals surface area contributed by atoms with Gasteiger partial charge in [0.05, 0.1) is 33.2 Å². The van der Waals surface area contributed by atoms with Crippen LogP contribution in [-0.4, -0.2) is 35.9 Å². The zero-order valence-electron chi connectivity index (χ0n) is 18.4. The van der Waals surface area contributed by atoms with Crippen molar-refractivity contribution in [2.45, 2.75) is 20.4 Å². The van der Waals surface area contributed by atoms with Gasteiger partial charge in [0.2, 0.25) is 5.75 Å². The Morgan fingerprint density at radius 2 is 1.65 bits per heavy atom. The second kappa shape index (κ2) is 8.55. The van der Waals surface area contributed by atoms with Gasteiger partial charge in [-0.25, -0.2) is 9.50 Å². The van der Waals surface area contributed by atoms with E-state index in [0.29, 0.717) is 23.8 Å². The van der Waals surface area contributed by atoms with E-state index in [1.54, 1.807) is 27.5 Å². The lowest BCUT2D eigenvalue weighted by atomic mass is 10.1. The lowest BCUT2D eigenvalue weighted by molar-refractivity contribution is 0.324. The average molecular weight is 418 g/mol. The number of hydrogen-bond acceptors (Lipinski definition) is 6. The molecular formula is C24H26N4O3. The number of rotatable bonds is 7. The van der Waals surface area contributed by atoms with Crippen LogP contribution in [0.3, 0.4) is 0 Å². The van der Waals surface area contributed by atoms with Crippen molar-refractivity contribution in [3.63, 3.8) is 0 Å². The van der Waals surface area contributed by atoms with E-state index in [1.807, 2.05) is 28.8 Å². The van der Waals surface area contributed by atoms with E-state index in [4.69, 9.17) is 19.3 Å². The SMILES string of the molecule is COc1cc(-c2cnc3ccc(NCc4ccc(C)cc4C)nn23)cc(OC)c1OC. The molecule has 0 aliphatic heterocycles. The second-order valence-electron chi connectivity index (χ2n) is 7.33. The summed E-state index contributed by atoms with van der Waals surface area (Å²) in [5, 5.41) is 8.17. The molecule has 7 nitrogen and oxygen atoms in total. The summed E-state index contributed by atoms with van der Waals surface area (Å²) in [4.78, 5) is 4.49. The third-order valence-electron chi connectivity index (χ3n) is 5.28. The average Bonchev–Trinajstić information content (AvgIpc) is 3.20. The monoisotopic (exact) mass is 418 g/mol. The van der Waals surface area contributed by atoms with Crippen LogP contribution in [0.4, 0.5) is 5.82 Å². The molecule has 2 aromatic heterocycles. The number of methoxy groups -OCH3 is 3. The Kier molecular flexibility index (Phi) is 5.66. The Bertz CT molecular complexity index is 1210. The molecule has 0 saturated heterocycles. The van der Waals surface area contributed by atoms with Gasteiger partial charge in [0, 0.05) is 12.1 Å². The van der Waals surface area contributed by atoms with Crippen LogP contribution < -0.4 is 19.5 Å². The second-order valence-corrected chi connectivity index (χ2v) is 7.33. The summed E-state index contributed by atoms with van der Waals surface area (Å²) < 4.78 is 18.2. The van der Waals surface area contributed by atoms with Gasteiger partial charge in [-0.2, -0.15) is 0 Å². The van der Waals surface area contributed by atoms with Gasteiger partial charge in [-0.1, -0.05) is 23.8 Å². The molecule has 0 aliphatic rings. The largest absolute Gasteiger partial charge is 0.493 e. The minimum absolute atomic E-state index is 0.548. The summed E-state index contributed by atoms with van der Waals surface area (Å²) in [5.74, 6) is 2.47. The lowest BCUT2D eigenvalue weighted by Crippen LogP contribution is -2.06. The van der Waals surface area contributed by atoms with Crippen LogP contribution >= 0.6 is 0 Å². The molecule has 0 atom stereocenters. The van der Waals surface area contributed by atoms with Gasteiger partial charge in [-0.15, -0.1) is 5.10 Å². The first-order valence-corrected chi connectivity index (χ1v) is 9.99. The molecule has 0 spiro atoms. The number of imidazole rings is 1. The fourth-order valence-corrected chi connectivity index (χ4v) is 3.62. The van der Waals surface area contributed by atoms with E-state index in [2.05, 4.69) is 42.3 Å². The van der Waals surface area contributed by atoms with E-state index < -0.39 is 0 Å². The molecule has 0 bridgehead atoms. The fraction of sp³-hybridized carbons (Fsp3) is 0.250. The number of anilines is 1. The van der Waals surface area contributed by atoms with Crippen molar-refractivity contribution in [2.75, 3.05) is 26.6 Å². The third-order valence-corrected chi connectivity index (χ3v) is 5.28. The maximum Gasteiger partial charge on any atom is 0.203 e. The van der Waals surface area contributed by atoms with E-state index in [1.165, 1.54) is 16.7 Å². The molecule has 0 radical (unpaired) electrons. The maximum absolute atomic E-state index is 5.49. The van der Waals surface area contributed by atoms with Gasteiger partial charge >= 0.3 is 0 Å². The quantitative estimate of drug-likeness (QED) is 0.471. The predicted octanol–water partition coefficient (Wildman–Crippen LogP) is 4.65. The zero-order chi connectivity index (χ0) is 22.0. The van der Waals surface area contributed by atoms with Crippen LogP contribution in [-0.2, 0) is 6.54 Å². The Balaban J connectivity index is 1.69. The van der Waals surface area contributed by atoms with Crippen LogP contribution in [0.25, 0.3) is 16.9 Å². The minimum atomic E-state index is 0.548. The topological polar surface area (TPSA) is 69.9 Å². The Hall–Kier alpha value is -3.74. The molecule has 4 aromatic rings. The first-order valence-electron chi connectivity index (χ1n) is 9.99. The highest BCUT2D eigenvalue weighted by atomic mass is 16.5. The van der Waals surface area contributed by atoms with Crippen LogP contribution in [0.5, 0.6) is 17.2 Å². The van der Waals surface area contributed by atoms with Crippen LogP contribution in [0.2, 0.25) is 0 Å². The number of aryl methyl sites for hydroxylation is 2. The van der Waals surface area contributed by atoms with Crippen molar-refractivity contribution < 1.29 is 14.2 Å². The number of hydrogen-bond donors (Lipinski definition) is 1. The molecule has 31 heavy (non-hydrogen) atoms. The molecule has 7 heteroatoms. The highest BCUT2D eigenvalue weighted by molar-refractivity contribution is 5.70. The van der Waals surface area contributed by atoms with Gasteiger partial charge in [0.25, 0.3) is 0 Å². The van der Waals surface area contributed by atoms with Crippen molar-refractivity contribution in [1.82, 2.24) is 14.6 Å². The minimum Gasteiger partial charge on any atom is -0.493 e. The molecule has 160 valence electrons. The van der Waals surface area contributed by atoms with E-state index in [-0.39, 0.29) is 0 Å². The summed E-state index contributed by atoms with van der Waals surface area (Å²) in [6, 6.07) is 14.1. The van der Waals surface area contributed by atoms with Crippen LogP contribution in [0.15, 0.2) is 48.7 Å². The molecule has 2 aromatic carbocycles. The number of nitrogens with zero attached hydrogens (tertiary/aromatic N) is 3. The van der Waals surface area contributed by atoms with Crippen molar-refractivity contribution in [3.8, 4) is 28.5 Å². The molecule has 0 aliphatic carbocycles. The number of fused-ring (bicyclic) bond motifs is 1.